The number of hydrogen-bond donors (Lipinski definition) is 1. The van der Waals surface area contributed by atoms with Gasteiger partial charge in [0, 0.05) is 37.3 Å². The Hall–Kier alpha value is -2.14. The molecular formula is C22H30F3N5O2S. The van der Waals surface area contributed by atoms with E-state index in [1.54, 1.807) is 10.9 Å². The summed E-state index contributed by atoms with van der Waals surface area (Å²) in [7, 11) is 1.84. The molecule has 4 rings (SSSR count). The average Bonchev–Trinajstić information content (AvgIpc) is 3.36. The maximum Gasteiger partial charge on any atom is 0.422 e. The van der Waals surface area contributed by atoms with Crippen molar-refractivity contribution in [3.8, 4) is 5.19 Å². The fraction of sp³-hybridized carbons (Fsp3) is 0.682. The number of halogens is 3. The maximum atomic E-state index is 12.4. The lowest BCUT2D eigenvalue weighted by molar-refractivity contribution is -0.153. The van der Waals surface area contributed by atoms with Gasteiger partial charge in [-0.3, -0.25) is 14.4 Å². The number of aromatic nitrogens is 3. The Labute approximate surface area is 195 Å². The lowest BCUT2D eigenvalue weighted by Crippen LogP contribution is -2.39. The molecule has 1 aliphatic heterocycles. The molecule has 1 N–H and O–H groups in total. The molecule has 0 aromatic carbocycles. The molecule has 0 saturated heterocycles. The minimum Gasteiger partial charge on any atom is -0.460 e. The molecule has 0 spiro atoms. The lowest BCUT2D eigenvalue weighted by Gasteiger charge is -2.32. The predicted octanol–water partition coefficient (Wildman–Crippen LogP) is 3.48. The Kier molecular flexibility index (Phi) is 7.58. The fourth-order valence-corrected chi connectivity index (χ4v) is 5.52. The van der Waals surface area contributed by atoms with Crippen LogP contribution in [-0.2, 0) is 31.2 Å². The highest BCUT2D eigenvalue weighted by atomic mass is 32.1. The zero-order chi connectivity index (χ0) is 23.4. The van der Waals surface area contributed by atoms with E-state index >= 15 is 0 Å². The van der Waals surface area contributed by atoms with Crippen LogP contribution in [0.15, 0.2) is 12.4 Å². The largest absolute Gasteiger partial charge is 0.460 e. The minimum atomic E-state index is -4.35. The molecule has 1 amide bonds. The summed E-state index contributed by atoms with van der Waals surface area (Å²) < 4.78 is 43.6. The molecule has 0 atom stereocenters. The van der Waals surface area contributed by atoms with Crippen molar-refractivity contribution >= 4 is 17.2 Å². The molecule has 0 bridgehead atoms. The van der Waals surface area contributed by atoms with Crippen LogP contribution < -0.4 is 10.1 Å². The van der Waals surface area contributed by atoms with Gasteiger partial charge >= 0.3 is 6.18 Å². The van der Waals surface area contributed by atoms with Gasteiger partial charge in [0.2, 0.25) is 5.91 Å². The number of ether oxygens (including phenoxy) is 1. The van der Waals surface area contributed by atoms with E-state index < -0.39 is 12.8 Å². The van der Waals surface area contributed by atoms with E-state index in [9.17, 15) is 18.0 Å². The molecule has 2 aliphatic rings. The Bertz CT molecular complexity index is 937. The highest BCUT2D eigenvalue weighted by Gasteiger charge is 2.30. The molecule has 11 heteroatoms. The van der Waals surface area contributed by atoms with Gasteiger partial charge in [-0.1, -0.05) is 11.3 Å². The Morgan fingerprint density at radius 3 is 2.79 bits per heavy atom. The maximum absolute atomic E-state index is 12.4. The van der Waals surface area contributed by atoms with Crippen LogP contribution in [0.3, 0.4) is 0 Å². The van der Waals surface area contributed by atoms with Gasteiger partial charge in [-0.15, -0.1) is 0 Å². The number of aryl methyl sites for hydroxylation is 1. The molecule has 1 saturated carbocycles. The van der Waals surface area contributed by atoms with Gasteiger partial charge in [0.05, 0.1) is 18.3 Å². The monoisotopic (exact) mass is 485 g/mol. The Morgan fingerprint density at radius 2 is 2.09 bits per heavy atom. The van der Waals surface area contributed by atoms with Crippen LogP contribution >= 0.6 is 11.3 Å². The number of fused-ring (bicyclic) bond motifs is 1. The first kappa shape index (κ1) is 24.0. The summed E-state index contributed by atoms with van der Waals surface area (Å²) in [5, 5.41) is 7.37. The molecule has 2 aromatic heterocycles. The van der Waals surface area contributed by atoms with Gasteiger partial charge in [0.1, 0.15) is 0 Å². The average molecular weight is 486 g/mol. The molecule has 0 unspecified atom stereocenters. The number of carbonyl (C=O) groups is 1. The van der Waals surface area contributed by atoms with Crippen molar-refractivity contribution in [3.63, 3.8) is 0 Å². The van der Waals surface area contributed by atoms with Gasteiger partial charge in [-0.2, -0.15) is 18.3 Å². The molecule has 3 heterocycles. The normalized spacial score (nSPS) is 21.6. The first-order chi connectivity index (χ1) is 15.7. The Balaban J connectivity index is 1.15. The number of amides is 1. The van der Waals surface area contributed by atoms with Crippen LogP contribution in [0.5, 0.6) is 5.19 Å². The Morgan fingerprint density at radius 1 is 1.30 bits per heavy atom. The molecule has 0 radical (unpaired) electrons. The van der Waals surface area contributed by atoms with E-state index in [2.05, 4.69) is 20.3 Å². The minimum absolute atomic E-state index is 0.0532. The molecule has 1 aliphatic carbocycles. The van der Waals surface area contributed by atoms with Gasteiger partial charge in [0.25, 0.3) is 5.19 Å². The third-order valence-electron chi connectivity index (χ3n) is 6.33. The van der Waals surface area contributed by atoms with E-state index in [1.165, 1.54) is 11.3 Å². The molecule has 7 nitrogen and oxygen atoms in total. The van der Waals surface area contributed by atoms with Crippen molar-refractivity contribution < 1.29 is 22.7 Å². The third kappa shape index (κ3) is 7.17. The van der Waals surface area contributed by atoms with E-state index in [0.717, 1.165) is 67.7 Å². The number of nitrogens with zero attached hydrogens (tertiary/aromatic N) is 4. The molecule has 33 heavy (non-hydrogen) atoms. The van der Waals surface area contributed by atoms with Gasteiger partial charge in [0.15, 0.2) is 6.61 Å². The predicted molar refractivity (Wildman–Crippen MR) is 118 cm³/mol. The van der Waals surface area contributed by atoms with E-state index in [1.807, 2.05) is 13.2 Å². The highest BCUT2D eigenvalue weighted by molar-refractivity contribution is 7.13. The number of nitrogens with one attached hydrogen (secondary N) is 1. The standard InChI is InChI=1S/C22H30F3N5O2S/c1-29-12-16(11-26-29)10-20(31)27-17-4-2-15(3-5-17)6-8-30-9-7-19-18(13-30)28-21(33-19)32-14-22(23,24)25/h11-12,15,17H,2-10,13-14H2,1H3,(H,27,31). The second kappa shape index (κ2) is 10.4. The van der Waals surface area contributed by atoms with Crippen LogP contribution in [0.1, 0.15) is 48.2 Å². The summed E-state index contributed by atoms with van der Waals surface area (Å²) in [6, 6.07) is 0.244. The van der Waals surface area contributed by atoms with Crippen molar-refractivity contribution in [3.05, 3.63) is 28.5 Å². The summed E-state index contributed by atoms with van der Waals surface area (Å²) in [5.41, 5.74) is 1.77. The van der Waals surface area contributed by atoms with Crippen molar-refractivity contribution in [2.45, 2.75) is 63.7 Å². The third-order valence-corrected chi connectivity index (χ3v) is 7.40. The van der Waals surface area contributed by atoms with Gasteiger partial charge < -0.3 is 10.1 Å². The van der Waals surface area contributed by atoms with Crippen molar-refractivity contribution in [2.24, 2.45) is 13.0 Å². The summed E-state index contributed by atoms with van der Waals surface area (Å²) in [4.78, 5) is 19.9. The first-order valence-electron chi connectivity index (χ1n) is 11.4. The van der Waals surface area contributed by atoms with Crippen LogP contribution in [0.4, 0.5) is 13.2 Å². The molecular weight excluding hydrogens is 455 g/mol. The highest BCUT2D eigenvalue weighted by Crippen LogP contribution is 2.32. The SMILES string of the molecule is Cn1cc(CC(=O)NC2CCC(CCN3CCc4sc(OCC(F)(F)F)nc4C3)CC2)cn1. The number of thiazole rings is 1. The zero-order valence-electron chi connectivity index (χ0n) is 18.7. The van der Waals surface area contributed by atoms with Crippen LogP contribution in [-0.4, -0.2) is 57.5 Å². The topological polar surface area (TPSA) is 72.3 Å². The van der Waals surface area contributed by atoms with Crippen LogP contribution in [0.25, 0.3) is 0 Å². The molecule has 2 aromatic rings. The van der Waals surface area contributed by atoms with Crippen molar-refractivity contribution in [2.75, 3.05) is 19.7 Å². The van der Waals surface area contributed by atoms with Crippen molar-refractivity contribution in [1.82, 2.24) is 25.0 Å². The van der Waals surface area contributed by atoms with E-state index in [-0.39, 0.29) is 17.1 Å². The fourth-order valence-electron chi connectivity index (χ4n) is 4.61. The summed E-state index contributed by atoms with van der Waals surface area (Å²) in [6.07, 6.45) is 5.70. The van der Waals surface area contributed by atoms with Crippen LogP contribution in [0, 0.1) is 5.92 Å². The molecule has 1 fully saturated rings. The number of rotatable bonds is 8. The van der Waals surface area contributed by atoms with Gasteiger partial charge in [-0.05, 0) is 56.6 Å². The summed E-state index contributed by atoms with van der Waals surface area (Å²) >= 11 is 1.23. The smallest absolute Gasteiger partial charge is 0.422 e. The van der Waals surface area contributed by atoms with E-state index in [0.29, 0.717) is 18.9 Å². The number of hydrogen-bond acceptors (Lipinski definition) is 6. The van der Waals surface area contributed by atoms with Crippen LogP contribution in [0.2, 0.25) is 0 Å². The summed E-state index contributed by atoms with van der Waals surface area (Å²) in [6.45, 7) is 1.22. The quantitative estimate of drug-likeness (QED) is 0.620. The van der Waals surface area contributed by atoms with E-state index in [4.69, 9.17) is 4.74 Å². The summed E-state index contributed by atoms with van der Waals surface area (Å²) in [5.74, 6) is 0.691. The number of carbonyl (C=O) groups excluding carboxylic acids is 1. The second-order valence-corrected chi connectivity index (χ2v) is 10.1. The molecule has 182 valence electrons. The zero-order valence-corrected chi connectivity index (χ0v) is 19.6. The lowest BCUT2D eigenvalue weighted by atomic mass is 9.84. The first-order valence-corrected chi connectivity index (χ1v) is 12.2. The van der Waals surface area contributed by atoms with Gasteiger partial charge in [-0.25, -0.2) is 4.98 Å². The second-order valence-electron chi connectivity index (χ2n) is 9.05. The number of alkyl halides is 3. The van der Waals surface area contributed by atoms with Crippen molar-refractivity contribution in [1.29, 1.82) is 0 Å².